The van der Waals surface area contributed by atoms with Gasteiger partial charge in [-0.05, 0) is 24.3 Å². The van der Waals surface area contributed by atoms with Crippen molar-refractivity contribution in [1.29, 1.82) is 0 Å². The van der Waals surface area contributed by atoms with Crippen LogP contribution in [0.1, 0.15) is 20.7 Å². The SMILES string of the molecule is COC(=O)c1ccccc1OCC(=O)c1ccc(O)cc1O. The average molecular weight is 302 g/mol. The van der Waals surface area contributed by atoms with Crippen LogP contribution in [0.2, 0.25) is 0 Å². The normalized spacial score (nSPS) is 10.0. The summed E-state index contributed by atoms with van der Waals surface area (Å²) in [5, 5.41) is 18.8. The van der Waals surface area contributed by atoms with Crippen molar-refractivity contribution in [3.05, 3.63) is 53.6 Å². The van der Waals surface area contributed by atoms with Crippen LogP contribution < -0.4 is 4.74 Å². The first-order valence-corrected chi connectivity index (χ1v) is 6.38. The fourth-order valence-electron chi connectivity index (χ4n) is 1.85. The third kappa shape index (κ3) is 3.35. The second-order valence-corrected chi connectivity index (χ2v) is 4.40. The lowest BCUT2D eigenvalue weighted by Crippen LogP contribution is -2.14. The molecule has 0 aliphatic heterocycles. The van der Waals surface area contributed by atoms with Gasteiger partial charge in [-0.1, -0.05) is 12.1 Å². The van der Waals surface area contributed by atoms with Crippen molar-refractivity contribution in [3.63, 3.8) is 0 Å². The molecule has 2 aromatic rings. The number of hydrogen-bond acceptors (Lipinski definition) is 6. The number of methoxy groups -OCH3 is 1. The topological polar surface area (TPSA) is 93.1 Å². The third-order valence-electron chi connectivity index (χ3n) is 2.93. The average Bonchev–Trinajstić information content (AvgIpc) is 2.52. The molecule has 2 aromatic carbocycles. The fraction of sp³-hybridized carbons (Fsp3) is 0.125. The molecule has 0 radical (unpaired) electrons. The number of hydrogen-bond donors (Lipinski definition) is 2. The van der Waals surface area contributed by atoms with Gasteiger partial charge < -0.3 is 19.7 Å². The van der Waals surface area contributed by atoms with Gasteiger partial charge in [0.1, 0.15) is 22.8 Å². The zero-order valence-corrected chi connectivity index (χ0v) is 11.8. The lowest BCUT2D eigenvalue weighted by atomic mass is 10.1. The van der Waals surface area contributed by atoms with E-state index in [4.69, 9.17) is 4.74 Å². The van der Waals surface area contributed by atoms with Crippen LogP contribution in [-0.4, -0.2) is 35.7 Å². The zero-order chi connectivity index (χ0) is 16.1. The molecule has 0 unspecified atom stereocenters. The van der Waals surface area contributed by atoms with Crippen molar-refractivity contribution in [2.75, 3.05) is 13.7 Å². The van der Waals surface area contributed by atoms with Crippen LogP contribution in [0, 0.1) is 0 Å². The van der Waals surface area contributed by atoms with E-state index in [0.29, 0.717) is 0 Å². The first-order chi connectivity index (χ1) is 10.5. The highest BCUT2D eigenvalue weighted by Gasteiger charge is 2.16. The van der Waals surface area contributed by atoms with E-state index in [0.717, 1.165) is 6.07 Å². The molecule has 0 bridgehead atoms. The summed E-state index contributed by atoms with van der Waals surface area (Å²) in [6, 6.07) is 10.0. The highest BCUT2D eigenvalue weighted by atomic mass is 16.5. The van der Waals surface area contributed by atoms with Crippen molar-refractivity contribution in [2.24, 2.45) is 0 Å². The van der Waals surface area contributed by atoms with Gasteiger partial charge in [-0.25, -0.2) is 4.79 Å². The van der Waals surface area contributed by atoms with Crippen LogP contribution in [0.15, 0.2) is 42.5 Å². The molecule has 6 nitrogen and oxygen atoms in total. The van der Waals surface area contributed by atoms with Crippen LogP contribution in [0.25, 0.3) is 0 Å². The van der Waals surface area contributed by atoms with Crippen molar-refractivity contribution in [1.82, 2.24) is 0 Å². The summed E-state index contributed by atoms with van der Waals surface area (Å²) in [6.07, 6.45) is 0. The van der Waals surface area contributed by atoms with Gasteiger partial charge in [0, 0.05) is 6.07 Å². The smallest absolute Gasteiger partial charge is 0.341 e. The molecule has 6 heteroatoms. The molecule has 0 amide bonds. The number of benzene rings is 2. The number of para-hydroxylation sites is 1. The number of Topliss-reactive ketones (excluding diaryl/α,β-unsaturated/α-hetero) is 1. The largest absolute Gasteiger partial charge is 0.508 e. The van der Waals surface area contributed by atoms with E-state index < -0.39 is 11.8 Å². The number of ketones is 1. The molecule has 0 aromatic heterocycles. The zero-order valence-electron chi connectivity index (χ0n) is 11.8. The minimum absolute atomic E-state index is 0.0216. The van der Waals surface area contributed by atoms with Gasteiger partial charge >= 0.3 is 5.97 Å². The Hall–Kier alpha value is -3.02. The molecule has 22 heavy (non-hydrogen) atoms. The van der Waals surface area contributed by atoms with Gasteiger partial charge in [0.2, 0.25) is 5.78 Å². The monoisotopic (exact) mass is 302 g/mol. The van der Waals surface area contributed by atoms with E-state index in [1.807, 2.05) is 0 Å². The third-order valence-corrected chi connectivity index (χ3v) is 2.93. The maximum absolute atomic E-state index is 12.0. The van der Waals surface area contributed by atoms with Gasteiger partial charge in [-0.3, -0.25) is 4.79 Å². The Balaban J connectivity index is 2.13. The summed E-state index contributed by atoms with van der Waals surface area (Å²) in [5.74, 6) is -1.34. The van der Waals surface area contributed by atoms with Gasteiger partial charge in [0.05, 0.1) is 12.7 Å². The Morgan fingerprint density at radius 2 is 1.77 bits per heavy atom. The lowest BCUT2D eigenvalue weighted by molar-refractivity contribution is 0.0594. The van der Waals surface area contributed by atoms with Crippen molar-refractivity contribution in [2.45, 2.75) is 0 Å². The summed E-state index contributed by atoms with van der Waals surface area (Å²) in [7, 11) is 1.25. The Morgan fingerprint density at radius 1 is 1.05 bits per heavy atom. The molecule has 0 spiro atoms. The van der Waals surface area contributed by atoms with Crippen LogP contribution in [-0.2, 0) is 4.74 Å². The Labute approximate surface area is 126 Å². The molecule has 0 fully saturated rings. The minimum atomic E-state index is -0.574. The molecule has 2 rings (SSSR count). The molecular weight excluding hydrogens is 288 g/mol. The van der Waals surface area contributed by atoms with Crippen LogP contribution in [0.4, 0.5) is 0 Å². The Morgan fingerprint density at radius 3 is 2.45 bits per heavy atom. The number of carbonyl (C=O) groups is 2. The molecule has 0 heterocycles. The maximum atomic E-state index is 12.0. The van der Waals surface area contributed by atoms with Crippen LogP contribution in [0.3, 0.4) is 0 Å². The Kier molecular flexibility index (Phi) is 4.63. The van der Waals surface area contributed by atoms with E-state index in [1.54, 1.807) is 12.1 Å². The summed E-state index contributed by atoms with van der Waals surface area (Å²) < 4.78 is 9.97. The van der Waals surface area contributed by atoms with Crippen molar-refractivity contribution < 1.29 is 29.3 Å². The second kappa shape index (κ2) is 6.62. The van der Waals surface area contributed by atoms with Gasteiger partial charge in [0.25, 0.3) is 0 Å². The van der Waals surface area contributed by atoms with E-state index in [9.17, 15) is 19.8 Å². The fourth-order valence-corrected chi connectivity index (χ4v) is 1.85. The predicted molar refractivity (Wildman–Crippen MR) is 77.4 cm³/mol. The molecular formula is C16H14O6. The first kappa shape index (κ1) is 15.4. The maximum Gasteiger partial charge on any atom is 0.341 e. The molecule has 0 aliphatic rings. The number of ether oxygens (including phenoxy) is 2. The van der Waals surface area contributed by atoms with Gasteiger partial charge in [-0.15, -0.1) is 0 Å². The van der Waals surface area contributed by atoms with E-state index in [-0.39, 0.29) is 35.0 Å². The predicted octanol–water partition coefficient (Wildman–Crippen LogP) is 2.15. The second-order valence-electron chi connectivity index (χ2n) is 4.40. The quantitative estimate of drug-likeness (QED) is 0.649. The van der Waals surface area contributed by atoms with Gasteiger partial charge in [0.15, 0.2) is 6.61 Å². The van der Waals surface area contributed by atoms with Crippen LogP contribution in [0.5, 0.6) is 17.2 Å². The molecule has 0 aliphatic carbocycles. The van der Waals surface area contributed by atoms with Crippen molar-refractivity contribution >= 4 is 11.8 Å². The van der Waals surface area contributed by atoms with E-state index in [1.165, 1.54) is 31.4 Å². The number of phenolic OH excluding ortho intramolecular Hbond substituents is 2. The number of carbonyl (C=O) groups excluding carboxylic acids is 2. The molecule has 0 atom stereocenters. The standard InChI is InChI=1S/C16H14O6/c1-21-16(20)12-4-2-3-5-15(12)22-9-14(19)11-7-6-10(17)8-13(11)18/h2-8,17-18H,9H2,1H3. The molecule has 114 valence electrons. The van der Waals surface area contributed by atoms with Gasteiger partial charge in [-0.2, -0.15) is 0 Å². The van der Waals surface area contributed by atoms with E-state index in [2.05, 4.69) is 4.74 Å². The number of phenols is 2. The number of esters is 1. The molecule has 2 N–H and O–H groups in total. The first-order valence-electron chi connectivity index (χ1n) is 6.38. The molecule has 0 saturated carbocycles. The minimum Gasteiger partial charge on any atom is -0.508 e. The van der Waals surface area contributed by atoms with Crippen molar-refractivity contribution in [3.8, 4) is 17.2 Å². The molecule has 0 saturated heterocycles. The summed E-state index contributed by atoms with van der Waals surface area (Å²) >= 11 is 0. The summed E-state index contributed by atoms with van der Waals surface area (Å²) in [4.78, 5) is 23.6. The van der Waals surface area contributed by atoms with E-state index >= 15 is 0 Å². The Bertz CT molecular complexity index is 708. The van der Waals surface area contributed by atoms with Crippen LogP contribution >= 0.6 is 0 Å². The highest BCUT2D eigenvalue weighted by molar-refractivity contribution is 6.00. The summed E-state index contributed by atoms with van der Waals surface area (Å²) in [6.45, 7) is -0.369. The lowest BCUT2D eigenvalue weighted by Gasteiger charge is -2.10. The highest BCUT2D eigenvalue weighted by Crippen LogP contribution is 2.24. The number of aromatic hydroxyl groups is 2. The number of rotatable bonds is 5. The summed E-state index contributed by atoms with van der Waals surface area (Å²) in [5.41, 5.74) is 0.223.